The van der Waals surface area contributed by atoms with Gasteiger partial charge in [0.2, 0.25) is 0 Å². The number of nitrogens with two attached hydrogens (primary N) is 1. The fourth-order valence-electron chi connectivity index (χ4n) is 1.62. The summed E-state index contributed by atoms with van der Waals surface area (Å²) in [6.07, 6.45) is 1.06. The SMILES string of the molecule is Cc1c(N)cccc1NCCc1cccs1. The molecule has 1 aromatic carbocycles. The summed E-state index contributed by atoms with van der Waals surface area (Å²) in [5, 5.41) is 5.53. The minimum Gasteiger partial charge on any atom is -0.398 e. The van der Waals surface area contributed by atoms with Gasteiger partial charge >= 0.3 is 0 Å². The van der Waals surface area contributed by atoms with Crippen LogP contribution in [-0.4, -0.2) is 6.54 Å². The van der Waals surface area contributed by atoms with Crippen molar-refractivity contribution in [1.29, 1.82) is 0 Å². The maximum absolute atomic E-state index is 5.85. The fourth-order valence-corrected chi connectivity index (χ4v) is 2.33. The Bertz CT molecular complexity index is 449. The molecule has 2 aromatic rings. The van der Waals surface area contributed by atoms with E-state index in [1.165, 1.54) is 4.88 Å². The van der Waals surface area contributed by atoms with E-state index in [1.807, 2.05) is 19.1 Å². The Hall–Kier alpha value is -1.48. The maximum atomic E-state index is 5.85. The third-order valence-electron chi connectivity index (χ3n) is 2.64. The molecular weight excluding hydrogens is 216 g/mol. The Labute approximate surface area is 100 Å². The molecule has 3 heteroatoms. The zero-order chi connectivity index (χ0) is 11.4. The molecule has 0 amide bonds. The van der Waals surface area contributed by atoms with Crippen LogP contribution in [0, 0.1) is 6.92 Å². The van der Waals surface area contributed by atoms with Crippen molar-refractivity contribution in [2.45, 2.75) is 13.3 Å². The number of anilines is 2. The van der Waals surface area contributed by atoms with Crippen LogP contribution in [0.1, 0.15) is 10.4 Å². The molecule has 0 aliphatic rings. The first-order valence-corrected chi connectivity index (χ1v) is 6.26. The molecule has 2 nitrogen and oxygen atoms in total. The molecule has 0 fully saturated rings. The second-order valence-electron chi connectivity index (χ2n) is 3.78. The van der Waals surface area contributed by atoms with Gasteiger partial charge in [0.15, 0.2) is 0 Å². The highest BCUT2D eigenvalue weighted by Crippen LogP contribution is 2.20. The Morgan fingerprint density at radius 3 is 2.88 bits per heavy atom. The Morgan fingerprint density at radius 2 is 2.12 bits per heavy atom. The second kappa shape index (κ2) is 5.03. The summed E-state index contributed by atoms with van der Waals surface area (Å²) >= 11 is 1.80. The van der Waals surface area contributed by atoms with Crippen LogP contribution < -0.4 is 11.1 Å². The molecule has 0 saturated heterocycles. The molecule has 0 radical (unpaired) electrons. The summed E-state index contributed by atoms with van der Waals surface area (Å²) in [6, 6.07) is 10.2. The third-order valence-corrected chi connectivity index (χ3v) is 3.58. The number of benzene rings is 1. The van der Waals surface area contributed by atoms with Gasteiger partial charge in [-0.3, -0.25) is 0 Å². The van der Waals surface area contributed by atoms with Gasteiger partial charge in [0.25, 0.3) is 0 Å². The van der Waals surface area contributed by atoms with Crippen molar-refractivity contribution in [2.75, 3.05) is 17.6 Å². The molecule has 0 aliphatic carbocycles. The van der Waals surface area contributed by atoms with E-state index in [0.29, 0.717) is 0 Å². The number of hydrogen-bond donors (Lipinski definition) is 2. The standard InChI is InChI=1S/C13H16N2S/c1-10-12(14)5-2-6-13(10)15-8-7-11-4-3-9-16-11/h2-6,9,15H,7-8,14H2,1H3. The Morgan fingerprint density at radius 1 is 1.25 bits per heavy atom. The predicted octanol–water partition coefficient (Wildman–Crippen LogP) is 3.29. The number of hydrogen-bond acceptors (Lipinski definition) is 3. The van der Waals surface area contributed by atoms with Crippen LogP contribution in [0.15, 0.2) is 35.7 Å². The summed E-state index contributed by atoms with van der Waals surface area (Å²) in [5.74, 6) is 0. The topological polar surface area (TPSA) is 38.0 Å². The van der Waals surface area contributed by atoms with E-state index in [9.17, 15) is 0 Å². The van der Waals surface area contributed by atoms with Crippen molar-refractivity contribution in [1.82, 2.24) is 0 Å². The van der Waals surface area contributed by atoms with Gasteiger partial charge in [-0.1, -0.05) is 12.1 Å². The van der Waals surface area contributed by atoms with Crippen molar-refractivity contribution >= 4 is 22.7 Å². The van der Waals surface area contributed by atoms with Gasteiger partial charge in [-0.2, -0.15) is 0 Å². The van der Waals surface area contributed by atoms with Crippen LogP contribution in [-0.2, 0) is 6.42 Å². The van der Waals surface area contributed by atoms with Gasteiger partial charge in [0.1, 0.15) is 0 Å². The number of rotatable bonds is 4. The monoisotopic (exact) mass is 232 g/mol. The van der Waals surface area contributed by atoms with Crippen molar-refractivity contribution in [3.8, 4) is 0 Å². The first kappa shape index (κ1) is 11.0. The highest BCUT2D eigenvalue weighted by atomic mass is 32.1. The van der Waals surface area contributed by atoms with Gasteiger partial charge in [-0.05, 0) is 42.5 Å². The van der Waals surface area contributed by atoms with Crippen molar-refractivity contribution in [2.24, 2.45) is 0 Å². The van der Waals surface area contributed by atoms with Crippen LogP contribution in [0.3, 0.4) is 0 Å². The molecular formula is C13H16N2S. The fraction of sp³-hybridized carbons (Fsp3) is 0.231. The van der Waals surface area contributed by atoms with E-state index in [4.69, 9.17) is 5.73 Å². The van der Waals surface area contributed by atoms with Crippen molar-refractivity contribution in [3.05, 3.63) is 46.2 Å². The maximum Gasteiger partial charge on any atom is 0.0390 e. The number of nitrogens with one attached hydrogen (secondary N) is 1. The quantitative estimate of drug-likeness (QED) is 0.794. The largest absolute Gasteiger partial charge is 0.398 e. The molecule has 3 N–H and O–H groups in total. The molecule has 1 aromatic heterocycles. The molecule has 0 aliphatic heterocycles. The van der Waals surface area contributed by atoms with E-state index in [0.717, 1.165) is 29.9 Å². The molecule has 16 heavy (non-hydrogen) atoms. The van der Waals surface area contributed by atoms with Crippen LogP contribution in [0.5, 0.6) is 0 Å². The molecule has 0 saturated carbocycles. The summed E-state index contributed by atoms with van der Waals surface area (Å²) in [5.41, 5.74) is 8.97. The summed E-state index contributed by atoms with van der Waals surface area (Å²) < 4.78 is 0. The van der Waals surface area contributed by atoms with Gasteiger partial charge < -0.3 is 11.1 Å². The first-order chi connectivity index (χ1) is 7.77. The second-order valence-corrected chi connectivity index (χ2v) is 4.81. The minimum atomic E-state index is 0.848. The van der Waals surface area contributed by atoms with E-state index >= 15 is 0 Å². The molecule has 0 atom stereocenters. The van der Waals surface area contributed by atoms with Crippen LogP contribution >= 0.6 is 11.3 Å². The number of thiophene rings is 1. The van der Waals surface area contributed by atoms with E-state index in [1.54, 1.807) is 11.3 Å². The average molecular weight is 232 g/mol. The Kier molecular flexibility index (Phi) is 3.47. The zero-order valence-electron chi connectivity index (χ0n) is 9.36. The van der Waals surface area contributed by atoms with Gasteiger partial charge in [-0.15, -0.1) is 11.3 Å². The van der Waals surface area contributed by atoms with Gasteiger partial charge in [0.05, 0.1) is 0 Å². The van der Waals surface area contributed by atoms with Crippen LogP contribution in [0.25, 0.3) is 0 Å². The lowest BCUT2D eigenvalue weighted by Gasteiger charge is -2.10. The average Bonchev–Trinajstić information content (AvgIpc) is 2.77. The minimum absolute atomic E-state index is 0.848. The first-order valence-electron chi connectivity index (χ1n) is 5.38. The van der Waals surface area contributed by atoms with Crippen molar-refractivity contribution in [3.63, 3.8) is 0 Å². The third kappa shape index (κ3) is 2.55. The van der Waals surface area contributed by atoms with Crippen molar-refractivity contribution < 1.29 is 0 Å². The molecule has 2 rings (SSSR count). The Balaban J connectivity index is 1.92. The van der Waals surface area contributed by atoms with Crippen LogP contribution in [0.2, 0.25) is 0 Å². The molecule has 0 bridgehead atoms. The van der Waals surface area contributed by atoms with Gasteiger partial charge in [0, 0.05) is 22.8 Å². The lowest BCUT2D eigenvalue weighted by Crippen LogP contribution is -2.06. The summed E-state index contributed by atoms with van der Waals surface area (Å²) in [7, 11) is 0. The molecule has 84 valence electrons. The zero-order valence-corrected chi connectivity index (χ0v) is 10.2. The lowest BCUT2D eigenvalue weighted by molar-refractivity contribution is 1.04. The van der Waals surface area contributed by atoms with Gasteiger partial charge in [-0.25, -0.2) is 0 Å². The normalized spacial score (nSPS) is 10.3. The molecule has 0 unspecified atom stereocenters. The highest BCUT2D eigenvalue weighted by molar-refractivity contribution is 7.09. The predicted molar refractivity (Wildman–Crippen MR) is 72.1 cm³/mol. The summed E-state index contributed by atoms with van der Waals surface area (Å²) in [4.78, 5) is 1.41. The smallest absolute Gasteiger partial charge is 0.0390 e. The molecule has 0 spiro atoms. The highest BCUT2D eigenvalue weighted by Gasteiger charge is 2.00. The molecule has 1 heterocycles. The van der Waals surface area contributed by atoms with E-state index in [2.05, 4.69) is 28.9 Å². The van der Waals surface area contributed by atoms with Crippen LogP contribution in [0.4, 0.5) is 11.4 Å². The number of nitrogen functional groups attached to an aromatic ring is 1. The summed E-state index contributed by atoms with van der Waals surface area (Å²) in [6.45, 7) is 2.99. The van der Waals surface area contributed by atoms with E-state index < -0.39 is 0 Å². The van der Waals surface area contributed by atoms with E-state index in [-0.39, 0.29) is 0 Å². The lowest BCUT2D eigenvalue weighted by atomic mass is 10.1.